The molecule has 3 aromatic rings. The Kier molecular flexibility index (Phi) is 11.5. The Morgan fingerprint density at radius 2 is 1.57 bits per heavy atom. The van der Waals surface area contributed by atoms with Gasteiger partial charge in [-0.3, -0.25) is 13.9 Å². The van der Waals surface area contributed by atoms with Crippen LogP contribution in [-0.2, 0) is 26.2 Å². The number of hydrogen-bond acceptors (Lipinski definition) is 5. The van der Waals surface area contributed by atoms with Gasteiger partial charge in [0.2, 0.25) is 11.8 Å². The monoisotopic (exact) mass is 653 g/mol. The molecule has 12 heteroatoms. The van der Waals surface area contributed by atoms with E-state index in [0.29, 0.717) is 22.0 Å². The fourth-order valence-electron chi connectivity index (χ4n) is 4.09. The highest BCUT2D eigenvalue weighted by Crippen LogP contribution is 2.35. The van der Waals surface area contributed by atoms with Gasteiger partial charge in [-0.1, -0.05) is 65.5 Å². The number of halogens is 3. The van der Waals surface area contributed by atoms with Gasteiger partial charge < -0.3 is 15.0 Å². The minimum atomic E-state index is -4.30. The second kappa shape index (κ2) is 14.5. The number of anilines is 1. The number of ether oxygens (including phenoxy) is 1. The summed E-state index contributed by atoms with van der Waals surface area (Å²) in [6.45, 7) is 6.47. The maximum absolute atomic E-state index is 14.1. The van der Waals surface area contributed by atoms with Gasteiger partial charge in [-0.25, -0.2) is 8.42 Å². The zero-order valence-corrected chi connectivity index (χ0v) is 27.1. The van der Waals surface area contributed by atoms with Gasteiger partial charge in [-0.2, -0.15) is 0 Å². The lowest BCUT2D eigenvalue weighted by atomic mass is 10.1. The molecule has 3 aromatic carbocycles. The normalized spacial score (nSPS) is 12.8. The van der Waals surface area contributed by atoms with E-state index in [1.165, 1.54) is 42.3 Å². The molecule has 0 spiro atoms. The minimum absolute atomic E-state index is 0.0298. The third kappa shape index (κ3) is 8.10. The van der Waals surface area contributed by atoms with E-state index in [2.05, 4.69) is 5.32 Å². The third-order valence-electron chi connectivity index (χ3n) is 6.82. The van der Waals surface area contributed by atoms with Crippen molar-refractivity contribution in [2.75, 3.05) is 18.0 Å². The molecular formula is C30H34Cl3N3O5S. The molecule has 8 nitrogen and oxygen atoms in total. The standard InChI is InChI=1S/C30H34Cl3N3O5S/c1-6-20(3)34-30(38)21(4)35(17-22-9-10-23(31)15-26(22)33)29(37)18-36(27-16-24(32)11-14-28(27)41-5)42(39,40)25-12-7-19(2)8-13-25/h7-16,20-21H,6,17-18H2,1-5H3,(H,34,38). The second-order valence-corrected chi connectivity index (χ2v) is 13.0. The number of carbonyl (C=O) groups is 2. The summed E-state index contributed by atoms with van der Waals surface area (Å²) < 4.78 is 34.5. The summed E-state index contributed by atoms with van der Waals surface area (Å²) in [5, 5.41) is 3.85. The molecule has 1 N–H and O–H groups in total. The van der Waals surface area contributed by atoms with Gasteiger partial charge in [0, 0.05) is 27.7 Å². The van der Waals surface area contributed by atoms with Crippen molar-refractivity contribution < 1.29 is 22.7 Å². The van der Waals surface area contributed by atoms with Crippen LogP contribution in [0.5, 0.6) is 5.75 Å². The average molecular weight is 655 g/mol. The molecule has 2 unspecified atom stereocenters. The molecule has 0 aliphatic heterocycles. The first-order valence-corrected chi connectivity index (χ1v) is 15.8. The van der Waals surface area contributed by atoms with Crippen LogP contribution in [-0.4, -0.2) is 50.9 Å². The third-order valence-corrected chi connectivity index (χ3v) is 9.42. The van der Waals surface area contributed by atoms with E-state index in [-0.39, 0.29) is 33.9 Å². The van der Waals surface area contributed by atoms with Gasteiger partial charge in [0.05, 0.1) is 17.7 Å². The molecule has 42 heavy (non-hydrogen) atoms. The van der Waals surface area contributed by atoms with Crippen LogP contribution in [0.4, 0.5) is 5.69 Å². The van der Waals surface area contributed by atoms with E-state index in [0.717, 1.165) is 9.87 Å². The van der Waals surface area contributed by atoms with E-state index in [1.54, 1.807) is 37.3 Å². The number of amides is 2. The van der Waals surface area contributed by atoms with E-state index >= 15 is 0 Å². The van der Waals surface area contributed by atoms with Gasteiger partial charge in [0.25, 0.3) is 10.0 Å². The molecule has 226 valence electrons. The Balaban J connectivity index is 2.12. The molecule has 2 amide bonds. The first kappa shape index (κ1) is 33.5. The summed E-state index contributed by atoms with van der Waals surface area (Å²) in [5.41, 5.74) is 1.47. The van der Waals surface area contributed by atoms with Gasteiger partial charge >= 0.3 is 0 Å². The summed E-state index contributed by atoms with van der Waals surface area (Å²) in [4.78, 5) is 28.6. The number of nitrogens with one attached hydrogen (secondary N) is 1. The molecule has 0 aromatic heterocycles. The van der Waals surface area contributed by atoms with Crippen LogP contribution in [0.2, 0.25) is 15.1 Å². The van der Waals surface area contributed by atoms with Gasteiger partial charge in [-0.05, 0) is 75.2 Å². The molecule has 0 bridgehead atoms. The van der Waals surface area contributed by atoms with Gasteiger partial charge in [-0.15, -0.1) is 0 Å². The minimum Gasteiger partial charge on any atom is -0.495 e. The van der Waals surface area contributed by atoms with Crippen LogP contribution in [0, 0.1) is 6.92 Å². The van der Waals surface area contributed by atoms with Crippen LogP contribution < -0.4 is 14.4 Å². The molecule has 0 radical (unpaired) electrons. The van der Waals surface area contributed by atoms with Crippen molar-refractivity contribution in [2.24, 2.45) is 0 Å². The lowest BCUT2D eigenvalue weighted by Crippen LogP contribution is -2.52. The summed E-state index contributed by atoms with van der Waals surface area (Å²) in [6.07, 6.45) is 0.687. The molecule has 3 rings (SSSR count). The van der Waals surface area contributed by atoms with Crippen LogP contribution in [0.15, 0.2) is 65.6 Å². The topological polar surface area (TPSA) is 96.0 Å². The maximum Gasteiger partial charge on any atom is 0.264 e. The highest BCUT2D eigenvalue weighted by molar-refractivity contribution is 7.92. The van der Waals surface area contributed by atoms with E-state index in [4.69, 9.17) is 39.5 Å². The van der Waals surface area contributed by atoms with Crippen molar-refractivity contribution in [3.05, 3.63) is 86.9 Å². The Hall–Kier alpha value is -2.98. The lowest BCUT2D eigenvalue weighted by Gasteiger charge is -2.33. The van der Waals surface area contributed by atoms with Crippen molar-refractivity contribution in [3.8, 4) is 5.75 Å². The van der Waals surface area contributed by atoms with Crippen molar-refractivity contribution in [2.45, 2.75) is 57.6 Å². The Bertz CT molecular complexity index is 1530. The fraction of sp³-hybridized carbons (Fsp3) is 0.333. The Morgan fingerprint density at radius 3 is 2.17 bits per heavy atom. The highest BCUT2D eigenvalue weighted by Gasteiger charge is 2.34. The SMILES string of the molecule is CCC(C)NC(=O)C(C)N(Cc1ccc(Cl)cc1Cl)C(=O)CN(c1cc(Cl)ccc1OC)S(=O)(=O)c1ccc(C)cc1. The molecule has 2 atom stereocenters. The first-order valence-electron chi connectivity index (χ1n) is 13.2. The average Bonchev–Trinajstić information content (AvgIpc) is 2.95. The second-order valence-electron chi connectivity index (χ2n) is 9.89. The summed E-state index contributed by atoms with van der Waals surface area (Å²) in [7, 11) is -2.91. The smallest absolute Gasteiger partial charge is 0.264 e. The van der Waals surface area contributed by atoms with Crippen LogP contribution in [0.25, 0.3) is 0 Å². The number of aryl methyl sites for hydroxylation is 1. The number of nitrogens with zero attached hydrogens (tertiary/aromatic N) is 2. The largest absolute Gasteiger partial charge is 0.495 e. The van der Waals surface area contributed by atoms with E-state index in [9.17, 15) is 18.0 Å². The highest BCUT2D eigenvalue weighted by atomic mass is 35.5. The number of hydrogen-bond donors (Lipinski definition) is 1. The van der Waals surface area contributed by atoms with Crippen LogP contribution in [0.1, 0.15) is 38.3 Å². The predicted octanol–water partition coefficient (Wildman–Crippen LogP) is 6.49. The van der Waals surface area contributed by atoms with Gasteiger partial charge in [0.15, 0.2) is 0 Å². The summed E-state index contributed by atoms with van der Waals surface area (Å²) >= 11 is 18.8. The van der Waals surface area contributed by atoms with Crippen molar-refractivity contribution in [3.63, 3.8) is 0 Å². The molecule has 0 saturated carbocycles. The molecule has 0 aliphatic rings. The Labute approximate surface area is 262 Å². The molecule has 0 aliphatic carbocycles. The number of rotatable bonds is 12. The van der Waals surface area contributed by atoms with Crippen LogP contribution in [0.3, 0.4) is 0 Å². The molecule has 0 heterocycles. The van der Waals surface area contributed by atoms with Gasteiger partial charge in [0.1, 0.15) is 18.3 Å². The van der Waals surface area contributed by atoms with E-state index in [1.807, 2.05) is 20.8 Å². The quantitative estimate of drug-likeness (QED) is 0.241. The predicted molar refractivity (Wildman–Crippen MR) is 168 cm³/mol. The summed E-state index contributed by atoms with van der Waals surface area (Å²) in [6, 6.07) is 14.5. The molecule has 0 fully saturated rings. The molecule has 0 saturated heterocycles. The lowest BCUT2D eigenvalue weighted by molar-refractivity contribution is -0.139. The molecular weight excluding hydrogens is 621 g/mol. The van der Waals surface area contributed by atoms with Crippen molar-refractivity contribution >= 4 is 62.3 Å². The first-order chi connectivity index (χ1) is 19.8. The summed E-state index contributed by atoms with van der Waals surface area (Å²) in [5.74, 6) is -0.848. The maximum atomic E-state index is 14.1. The zero-order valence-electron chi connectivity index (χ0n) is 24.0. The fourth-order valence-corrected chi connectivity index (χ4v) is 6.14. The number of carbonyl (C=O) groups excluding carboxylic acids is 2. The number of benzene rings is 3. The Morgan fingerprint density at radius 1 is 0.952 bits per heavy atom. The zero-order chi connectivity index (χ0) is 31.2. The van der Waals surface area contributed by atoms with Crippen molar-refractivity contribution in [1.29, 1.82) is 0 Å². The number of methoxy groups -OCH3 is 1. The van der Waals surface area contributed by atoms with Crippen molar-refractivity contribution in [1.82, 2.24) is 10.2 Å². The van der Waals surface area contributed by atoms with E-state index < -0.39 is 34.4 Å². The number of sulfonamides is 1. The van der Waals surface area contributed by atoms with Crippen LogP contribution >= 0.6 is 34.8 Å².